The van der Waals surface area contributed by atoms with E-state index in [4.69, 9.17) is 4.74 Å². The van der Waals surface area contributed by atoms with Gasteiger partial charge in [-0.05, 0) is 39.0 Å². The van der Waals surface area contributed by atoms with Gasteiger partial charge in [-0.15, -0.1) is 15.3 Å². The highest BCUT2D eigenvalue weighted by Crippen LogP contribution is 2.22. The van der Waals surface area contributed by atoms with E-state index in [0.29, 0.717) is 41.5 Å². The fraction of sp³-hybridized carbons (Fsp3) is 0.238. The van der Waals surface area contributed by atoms with Crippen LogP contribution in [0.1, 0.15) is 22.8 Å². The molecule has 0 saturated heterocycles. The molecule has 11 nitrogen and oxygen atoms in total. The highest BCUT2D eigenvalue weighted by Gasteiger charge is 2.15. The minimum Gasteiger partial charge on any atom is -0.377 e. The maximum Gasteiger partial charge on any atom is 0.272 e. The number of aryl methyl sites for hydroxylation is 3. The van der Waals surface area contributed by atoms with Crippen LogP contribution in [-0.4, -0.2) is 51.8 Å². The lowest BCUT2D eigenvalue weighted by Crippen LogP contribution is -2.06. The van der Waals surface area contributed by atoms with Crippen molar-refractivity contribution in [1.29, 1.82) is 0 Å². The van der Waals surface area contributed by atoms with Crippen molar-refractivity contribution in [2.45, 2.75) is 27.4 Å². The molecule has 1 N–H and O–H groups in total. The maximum atomic E-state index is 5.10. The van der Waals surface area contributed by atoms with Gasteiger partial charge in [-0.3, -0.25) is 5.32 Å². The van der Waals surface area contributed by atoms with E-state index < -0.39 is 0 Å². The van der Waals surface area contributed by atoms with Crippen LogP contribution < -0.4 is 5.32 Å². The van der Waals surface area contributed by atoms with Crippen LogP contribution in [0.15, 0.2) is 30.5 Å². The molecular formula is C21H20N10O. The zero-order valence-electron chi connectivity index (χ0n) is 18.0. The molecule has 0 unspecified atom stereocenters. The van der Waals surface area contributed by atoms with Crippen molar-refractivity contribution >= 4 is 28.6 Å². The second kappa shape index (κ2) is 7.85. The van der Waals surface area contributed by atoms with E-state index in [1.54, 1.807) is 23.9 Å². The van der Waals surface area contributed by atoms with Gasteiger partial charge in [0.15, 0.2) is 5.82 Å². The summed E-state index contributed by atoms with van der Waals surface area (Å²) in [5, 5.41) is 17.0. The summed E-state index contributed by atoms with van der Waals surface area (Å²) in [5.74, 6) is 1.72. The Hall–Kier alpha value is -4.12. The SMILES string of the molecule is COCc1nc2nnc(-c3ccnc(Nc4nc(C)c5cc(C)ccc5n4)n3)c(C)n2n1. The molecule has 0 aliphatic heterocycles. The van der Waals surface area contributed by atoms with Crippen molar-refractivity contribution in [3.05, 3.63) is 53.2 Å². The van der Waals surface area contributed by atoms with Gasteiger partial charge in [-0.25, -0.2) is 19.9 Å². The summed E-state index contributed by atoms with van der Waals surface area (Å²) in [5.41, 5.74) is 4.81. The third-order valence-corrected chi connectivity index (χ3v) is 4.97. The number of nitrogens with zero attached hydrogens (tertiary/aromatic N) is 9. The van der Waals surface area contributed by atoms with Gasteiger partial charge in [-0.2, -0.15) is 9.50 Å². The third-order valence-electron chi connectivity index (χ3n) is 4.97. The minimum atomic E-state index is 0.296. The molecular weight excluding hydrogens is 408 g/mol. The second-order valence-electron chi connectivity index (χ2n) is 7.35. The van der Waals surface area contributed by atoms with Crippen LogP contribution in [0.3, 0.4) is 0 Å². The van der Waals surface area contributed by atoms with Crippen molar-refractivity contribution in [2.75, 3.05) is 12.4 Å². The fourth-order valence-electron chi connectivity index (χ4n) is 3.43. The van der Waals surface area contributed by atoms with Crippen LogP contribution in [0.25, 0.3) is 28.1 Å². The van der Waals surface area contributed by atoms with E-state index in [-0.39, 0.29) is 0 Å². The van der Waals surface area contributed by atoms with Gasteiger partial charge in [0.05, 0.1) is 22.6 Å². The van der Waals surface area contributed by atoms with Crippen LogP contribution in [-0.2, 0) is 11.3 Å². The average Bonchev–Trinajstić information content (AvgIpc) is 3.19. The molecule has 160 valence electrons. The normalized spacial score (nSPS) is 11.4. The molecule has 0 bridgehead atoms. The van der Waals surface area contributed by atoms with E-state index in [1.165, 1.54) is 0 Å². The molecule has 0 radical (unpaired) electrons. The predicted molar refractivity (Wildman–Crippen MR) is 117 cm³/mol. The summed E-state index contributed by atoms with van der Waals surface area (Å²) in [6.07, 6.45) is 1.64. The summed E-state index contributed by atoms with van der Waals surface area (Å²) in [4.78, 5) is 22.3. The van der Waals surface area contributed by atoms with Gasteiger partial charge in [0.1, 0.15) is 12.3 Å². The molecule has 0 atom stereocenters. The van der Waals surface area contributed by atoms with Gasteiger partial charge >= 0.3 is 0 Å². The Kier molecular flexibility index (Phi) is 4.86. The van der Waals surface area contributed by atoms with E-state index in [9.17, 15) is 0 Å². The Morgan fingerprint density at radius 2 is 1.84 bits per heavy atom. The number of hydrogen-bond acceptors (Lipinski definition) is 10. The number of fused-ring (bicyclic) bond motifs is 2. The molecule has 0 aliphatic rings. The summed E-state index contributed by atoms with van der Waals surface area (Å²) in [6, 6.07) is 7.84. The van der Waals surface area contributed by atoms with Crippen molar-refractivity contribution in [1.82, 2.24) is 44.7 Å². The number of anilines is 2. The smallest absolute Gasteiger partial charge is 0.272 e. The van der Waals surface area contributed by atoms with E-state index in [1.807, 2.05) is 32.9 Å². The number of hydrogen-bond donors (Lipinski definition) is 1. The number of aromatic nitrogens is 9. The van der Waals surface area contributed by atoms with Crippen molar-refractivity contribution in [3.8, 4) is 11.4 Å². The zero-order valence-corrected chi connectivity index (χ0v) is 18.0. The largest absolute Gasteiger partial charge is 0.377 e. The third kappa shape index (κ3) is 3.58. The first-order chi connectivity index (χ1) is 15.5. The first-order valence-electron chi connectivity index (χ1n) is 9.95. The van der Waals surface area contributed by atoms with Gasteiger partial charge in [0, 0.05) is 18.7 Å². The molecule has 32 heavy (non-hydrogen) atoms. The molecule has 4 aromatic heterocycles. The Labute approximate surface area is 183 Å². The summed E-state index contributed by atoms with van der Waals surface area (Å²) in [6.45, 7) is 6.18. The standard InChI is InChI=1S/C21H20N10O/c1-11-5-6-15-14(9-11)12(2)23-20(24-15)27-19-22-8-7-16(25-19)18-13(3)31-21(29-28-18)26-17(30-31)10-32-4/h5-9H,10H2,1-4H3,(H,22,23,24,25,27). The summed E-state index contributed by atoms with van der Waals surface area (Å²) in [7, 11) is 1.59. The first-order valence-corrected chi connectivity index (χ1v) is 9.95. The lowest BCUT2D eigenvalue weighted by Gasteiger charge is -2.09. The molecule has 4 heterocycles. The van der Waals surface area contributed by atoms with Crippen LogP contribution in [0, 0.1) is 20.8 Å². The van der Waals surface area contributed by atoms with Crippen LogP contribution >= 0.6 is 0 Å². The Bertz CT molecular complexity index is 1460. The molecule has 0 amide bonds. The van der Waals surface area contributed by atoms with Gasteiger partial charge in [-0.1, -0.05) is 11.6 Å². The lowest BCUT2D eigenvalue weighted by molar-refractivity contribution is 0.178. The molecule has 1 aromatic carbocycles. The van der Waals surface area contributed by atoms with Gasteiger partial charge in [0.2, 0.25) is 11.9 Å². The second-order valence-corrected chi connectivity index (χ2v) is 7.35. The lowest BCUT2D eigenvalue weighted by atomic mass is 10.1. The van der Waals surface area contributed by atoms with Crippen molar-refractivity contribution in [2.24, 2.45) is 0 Å². The number of rotatable bonds is 5. The number of ether oxygens (including phenoxy) is 1. The highest BCUT2D eigenvalue weighted by atomic mass is 16.5. The Morgan fingerprint density at radius 1 is 0.969 bits per heavy atom. The quantitative estimate of drug-likeness (QED) is 0.446. The topological polar surface area (TPSA) is 129 Å². The van der Waals surface area contributed by atoms with E-state index in [2.05, 4.69) is 51.6 Å². The number of methoxy groups -OCH3 is 1. The van der Waals surface area contributed by atoms with Crippen LogP contribution in [0.4, 0.5) is 11.9 Å². The fourth-order valence-corrected chi connectivity index (χ4v) is 3.43. The van der Waals surface area contributed by atoms with Crippen molar-refractivity contribution < 1.29 is 4.74 Å². The molecule has 0 spiro atoms. The first kappa shape index (κ1) is 19.8. The van der Waals surface area contributed by atoms with Gasteiger partial charge < -0.3 is 4.74 Å². The predicted octanol–water partition coefficient (Wildman–Crippen LogP) is 2.73. The van der Waals surface area contributed by atoms with E-state index in [0.717, 1.165) is 27.9 Å². The molecule has 11 heteroatoms. The highest BCUT2D eigenvalue weighted by molar-refractivity contribution is 5.82. The summed E-state index contributed by atoms with van der Waals surface area (Å²) >= 11 is 0. The summed E-state index contributed by atoms with van der Waals surface area (Å²) < 4.78 is 6.73. The molecule has 0 aliphatic carbocycles. The van der Waals surface area contributed by atoms with E-state index >= 15 is 0 Å². The average molecular weight is 428 g/mol. The zero-order chi connectivity index (χ0) is 22.2. The number of benzene rings is 1. The Morgan fingerprint density at radius 3 is 2.69 bits per heavy atom. The van der Waals surface area contributed by atoms with Gasteiger partial charge in [0.25, 0.3) is 5.78 Å². The molecule has 0 saturated carbocycles. The van der Waals surface area contributed by atoms with Crippen LogP contribution in [0.5, 0.6) is 0 Å². The monoisotopic (exact) mass is 428 g/mol. The number of nitrogens with one attached hydrogen (secondary N) is 1. The molecule has 5 rings (SSSR count). The molecule has 5 aromatic rings. The van der Waals surface area contributed by atoms with Crippen molar-refractivity contribution in [3.63, 3.8) is 0 Å². The van der Waals surface area contributed by atoms with Crippen LogP contribution in [0.2, 0.25) is 0 Å². The minimum absolute atomic E-state index is 0.296. The molecule has 0 fully saturated rings. The Balaban J connectivity index is 1.49. The maximum absolute atomic E-state index is 5.10.